The minimum atomic E-state index is -0.154. The SMILES string of the molecule is CC(CN)C(=O)Nc1csc2ccccc12. The predicted octanol–water partition coefficient (Wildman–Crippen LogP) is 2.43. The van der Waals surface area contributed by atoms with Crippen molar-refractivity contribution in [2.24, 2.45) is 11.7 Å². The van der Waals surface area contributed by atoms with E-state index in [1.54, 1.807) is 11.3 Å². The molecule has 0 aliphatic rings. The highest BCUT2D eigenvalue weighted by molar-refractivity contribution is 7.17. The number of rotatable bonds is 3. The summed E-state index contributed by atoms with van der Waals surface area (Å²) in [4.78, 5) is 11.7. The predicted molar refractivity (Wildman–Crippen MR) is 68.7 cm³/mol. The topological polar surface area (TPSA) is 55.1 Å². The third-order valence-electron chi connectivity index (χ3n) is 2.54. The van der Waals surface area contributed by atoms with Gasteiger partial charge in [-0.05, 0) is 6.07 Å². The van der Waals surface area contributed by atoms with E-state index in [-0.39, 0.29) is 11.8 Å². The molecule has 4 heteroatoms. The average molecular weight is 234 g/mol. The second-order valence-corrected chi connectivity index (χ2v) is 4.68. The lowest BCUT2D eigenvalue weighted by atomic mass is 10.1. The maximum Gasteiger partial charge on any atom is 0.228 e. The molecule has 0 radical (unpaired) electrons. The van der Waals surface area contributed by atoms with Crippen LogP contribution in [0, 0.1) is 5.92 Å². The second-order valence-electron chi connectivity index (χ2n) is 3.77. The Morgan fingerprint density at radius 2 is 2.25 bits per heavy atom. The van der Waals surface area contributed by atoms with Gasteiger partial charge in [0.2, 0.25) is 5.91 Å². The highest BCUT2D eigenvalue weighted by Gasteiger charge is 2.12. The van der Waals surface area contributed by atoms with Crippen LogP contribution in [0.3, 0.4) is 0 Å². The molecule has 84 valence electrons. The van der Waals surface area contributed by atoms with Crippen LogP contribution in [-0.4, -0.2) is 12.5 Å². The van der Waals surface area contributed by atoms with Gasteiger partial charge in [-0.3, -0.25) is 4.79 Å². The number of hydrogen-bond acceptors (Lipinski definition) is 3. The molecule has 2 aromatic rings. The maximum absolute atomic E-state index is 11.7. The van der Waals surface area contributed by atoms with Crippen molar-refractivity contribution in [3.63, 3.8) is 0 Å². The van der Waals surface area contributed by atoms with Crippen molar-refractivity contribution < 1.29 is 4.79 Å². The number of anilines is 1. The number of fused-ring (bicyclic) bond motifs is 1. The zero-order valence-electron chi connectivity index (χ0n) is 9.07. The van der Waals surface area contributed by atoms with Crippen LogP contribution in [-0.2, 0) is 4.79 Å². The molecule has 1 atom stereocenters. The van der Waals surface area contributed by atoms with Crippen LogP contribution in [0.25, 0.3) is 10.1 Å². The van der Waals surface area contributed by atoms with Gasteiger partial charge in [0.15, 0.2) is 0 Å². The van der Waals surface area contributed by atoms with Crippen LogP contribution in [0.2, 0.25) is 0 Å². The lowest BCUT2D eigenvalue weighted by molar-refractivity contribution is -0.119. The minimum absolute atomic E-state index is 0.0222. The van der Waals surface area contributed by atoms with E-state index in [0.29, 0.717) is 6.54 Å². The van der Waals surface area contributed by atoms with Gasteiger partial charge in [0.05, 0.1) is 5.69 Å². The quantitative estimate of drug-likeness (QED) is 0.857. The summed E-state index contributed by atoms with van der Waals surface area (Å²) in [5.74, 6) is -0.176. The van der Waals surface area contributed by atoms with Crippen molar-refractivity contribution in [1.29, 1.82) is 0 Å². The van der Waals surface area contributed by atoms with E-state index in [2.05, 4.69) is 5.32 Å². The summed E-state index contributed by atoms with van der Waals surface area (Å²) < 4.78 is 1.18. The van der Waals surface area contributed by atoms with Gasteiger partial charge in [0.1, 0.15) is 0 Å². The lowest BCUT2D eigenvalue weighted by Crippen LogP contribution is -2.26. The van der Waals surface area contributed by atoms with Crippen molar-refractivity contribution in [2.75, 3.05) is 11.9 Å². The Bertz CT molecular complexity index is 506. The first-order chi connectivity index (χ1) is 7.72. The zero-order chi connectivity index (χ0) is 11.5. The summed E-state index contributed by atoms with van der Waals surface area (Å²) >= 11 is 1.63. The molecule has 16 heavy (non-hydrogen) atoms. The molecule has 0 fully saturated rings. The maximum atomic E-state index is 11.7. The normalized spacial score (nSPS) is 12.6. The van der Waals surface area contributed by atoms with Crippen molar-refractivity contribution in [3.05, 3.63) is 29.6 Å². The third kappa shape index (κ3) is 2.08. The second kappa shape index (κ2) is 4.63. The molecule has 3 N–H and O–H groups in total. The molecule has 0 aliphatic carbocycles. The Morgan fingerprint density at radius 1 is 1.50 bits per heavy atom. The Balaban J connectivity index is 2.25. The van der Waals surface area contributed by atoms with Crippen LogP contribution >= 0.6 is 11.3 Å². The molecule has 1 heterocycles. The highest BCUT2D eigenvalue weighted by atomic mass is 32.1. The van der Waals surface area contributed by atoms with E-state index in [0.717, 1.165) is 11.1 Å². The molecule has 0 saturated carbocycles. The zero-order valence-corrected chi connectivity index (χ0v) is 9.88. The van der Waals surface area contributed by atoms with Crippen molar-refractivity contribution in [2.45, 2.75) is 6.92 Å². The number of nitrogens with two attached hydrogens (primary N) is 1. The molecule has 1 aromatic heterocycles. The largest absolute Gasteiger partial charge is 0.330 e. The van der Waals surface area contributed by atoms with E-state index in [9.17, 15) is 4.79 Å². The molecule has 0 bridgehead atoms. The smallest absolute Gasteiger partial charge is 0.228 e. The molecule has 0 spiro atoms. The number of carbonyl (C=O) groups excluding carboxylic acids is 1. The summed E-state index contributed by atoms with van der Waals surface area (Å²) in [7, 11) is 0. The Morgan fingerprint density at radius 3 is 3.00 bits per heavy atom. The van der Waals surface area contributed by atoms with Gasteiger partial charge in [-0.2, -0.15) is 0 Å². The molecule has 2 rings (SSSR count). The van der Waals surface area contributed by atoms with Crippen LogP contribution in [0.4, 0.5) is 5.69 Å². The van der Waals surface area contributed by atoms with Gasteiger partial charge in [-0.1, -0.05) is 25.1 Å². The molecule has 3 nitrogen and oxygen atoms in total. The van der Waals surface area contributed by atoms with Gasteiger partial charge in [0.25, 0.3) is 0 Å². The van der Waals surface area contributed by atoms with Gasteiger partial charge in [-0.15, -0.1) is 11.3 Å². The van der Waals surface area contributed by atoms with Crippen molar-refractivity contribution in [1.82, 2.24) is 0 Å². The van der Waals surface area contributed by atoms with Gasteiger partial charge >= 0.3 is 0 Å². The Kier molecular flexibility index (Phi) is 3.22. The summed E-state index contributed by atoms with van der Waals surface area (Å²) in [5.41, 5.74) is 6.34. The number of benzene rings is 1. The molecular weight excluding hydrogens is 220 g/mol. The standard InChI is InChI=1S/C12H14N2OS/c1-8(6-13)12(15)14-10-7-16-11-5-3-2-4-9(10)11/h2-5,7-8H,6,13H2,1H3,(H,14,15). The summed E-state index contributed by atoms with van der Waals surface area (Å²) in [6, 6.07) is 8.01. The molecule has 0 saturated heterocycles. The minimum Gasteiger partial charge on any atom is -0.330 e. The molecule has 1 unspecified atom stereocenters. The van der Waals surface area contributed by atoms with E-state index >= 15 is 0 Å². The van der Waals surface area contributed by atoms with E-state index in [4.69, 9.17) is 5.73 Å². The van der Waals surface area contributed by atoms with Gasteiger partial charge in [-0.25, -0.2) is 0 Å². The number of amides is 1. The lowest BCUT2D eigenvalue weighted by Gasteiger charge is -2.08. The van der Waals surface area contributed by atoms with Crippen molar-refractivity contribution in [3.8, 4) is 0 Å². The monoisotopic (exact) mass is 234 g/mol. The highest BCUT2D eigenvalue weighted by Crippen LogP contribution is 2.29. The van der Waals surface area contributed by atoms with Crippen molar-refractivity contribution >= 4 is 33.0 Å². The van der Waals surface area contributed by atoms with Crippen LogP contribution < -0.4 is 11.1 Å². The average Bonchev–Trinajstić information content (AvgIpc) is 2.72. The van der Waals surface area contributed by atoms with Gasteiger partial charge < -0.3 is 11.1 Å². The number of carbonyl (C=O) groups is 1. The molecule has 1 amide bonds. The first kappa shape index (κ1) is 11.1. The summed E-state index contributed by atoms with van der Waals surface area (Å²) in [5, 5.41) is 5.96. The first-order valence-electron chi connectivity index (χ1n) is 5.19. The Hall–Kier alpha value is -1.39. The van der Waals surface area contributed by atoms with E-state index in [1.165, 1.54) is 4.70 Å². The number of hydrogen-bond donors (Lipinski definition) is 2. The fourth-order valence-electron chi connectivity index (χ4n) is 1.44. The van der Waals surface area contributed by atoms with Crippen LogP contribution in [0.1, 0.15) is 6.92 Å². The fraction of sp³-hybridized carbons (Fsp3) is 0.250. The van der Waals surface area contributed by atoms with Gasteiger partial charge in [0, 0.05) is 27.9 Å². The Labute approximate surface area is 98.3 Å². The van der Waals surface area contributed by atoms with Crippen LogP contribution in [0.5, 0.6) is 0 Å². The summed E-state index contributed by atoms with van der Waals surface area (Å²) in [6.45, 7) is 2.19. The molecule has 1 aromatic carbocycles. The van der Waals surface area contributed by atoms with E-state index < -0.39 is 0 Å². The molecule has 0 aliphatic heterocycles. The molecular formula is C12H14N2OS. The number of nitrogens with one attached hydrogen (secondary N) is 1. The number of thiophene rings is 1. The summed E-state index contributed by atoms with van der Waals surface area (Å²) in [6.07, 6.45) is 0. The van der Waals surface area contributed by atoms with Crippen LogP contribution in [0.15, 0.2) is 29.6 Å². The third-order valence-corrected chi connectivity index (χ3v) is 3.50. The first-order valence-corrected chi connectivity index (χ1v) is 6.07. The van der Waals surface area contributed by atoms with E-state index in [1.807, 2.05) is 36.6 Å². The fourth-order valence-corrected chi connectivity index (χ4v) is 2.33.